The molecule has 2 aromatic rings. The van der Waals surface area contributed by atoms with Gasteiger partial charge in [-0.2, -0.15) is 0 Å². The summed E-state index contributed by atoms with van der Waals surface area (Å²) in [6.45, 7) is 4.06. The molecule has 6 heteroatoms. The van der Waals surface area contributed by atoms with Crippen LogP contribution >= 0.6 is 0 Å². The predicted molar refractivity (Wildman–Crippen MR) is 114 cm³/mol. The normalized spacial score (nSPS) is 13.7. The van der Waals surface area contributed by atoms with Crippen LogP contribution in [0.15, 0.2) is 24.3 Å². The zero-order valence-corrected chi connectivity index (χ0v) is 17.4. The Morgan fingerprint density at radius 1 is 1.28 bits per heavy atom. The molecule has 0 aromatic heterocycles. The number of ketones is 1. The summed E-state index contributed by atoms with van der Waals surface area (Å²) in [5.74, 6) is 0.204. The van der Waals surface area contributed by atoms with E-state index in [-0.39, 0.29) is 24.1 Å². The van der Waals surface area contributed by atoms with Crippen LogP contribution in [-0.4, -0.2) is 32.5 Å². The number of hydrogen-bond acceptors (Lipinski definition) is 6. The van der Waals surface area contributed by atoms with Gasteiger partial charge in [-0.15, -0.1) is 0 Å². The van der Waals surface area contributed by atoms with Crippen LogP contribution < -0.4 is 15.8 Å². The van der Waals surface area contributed by atoms with Crippen molar-refractivity contribution in [2.45, 2.75) is 39.0 Å². The van der Waals surface area contributed by atoms with Gasteiger partial charge in [-0.05, 0) is 54.7 Å². The molecule has 1 atom stereocenters. The average Bonchev–Trinajstić information content (AvgIpc) is 3.09. The number of Topliss-reactive ketones (excluding diaryl/α,β-unsaturated/α-hetero) is 1. The van der Waals surface area contributed by atoms with Gasteiger partial charge in [0, 0.05) is 24.9 Å². The molecular formula is C23H28N2O4. The molecule has 3 rings (SSSR count). The van der Waals surface area contributed by atoms with Gasteiger partial charge in [0.15, 0.2) is 5.78 Å². The smallest absolute Gasteiger partial charge is 0.306 e. The maximum absolute atomic E-state index is 12.4. The van der Waals surface area contributed by atoms with Crippen LogP contribution in [0, 0.1) is 6.92 Å². The van der Waals surface area contributed by atoms with Crippen LogP contribution in [0.1, 0.15) is 58.3 Å². The lowest BCUT2D eigenvalue weighted by Gasteiger charge is -2.23. The number of carbonyl (C=O) groups is 2. The molecule has 154 valence electrons. The summed E-state index contributed by atoms with van der Waals surface area (Å²) in [5, 5.41) is 3.05. The number of ether oxygens (including phenoxy) is 2. The predicted octanol–water partition coefficient (Wildman–Crippen LogP) is 3.84. The number of esters is 1. The molecule has 0 radical (unpaired) electrons. The third-order valence-corrected chi connectivity index (χ3v) is 5.52. The van der Waals surface area contributed by atoms with Gasteiger partial charge >= 0.3 is 5.97 Å². The standard InChI is InChI=1S/C23H28N2O4/c1-5-29-21(27)12-17(14-10-18(24)23(25-3)20(11-14)28-4)15-7-6-13(2)22-16(15)8-9-19(22)26/h6-7,10-11,17,25H,5,8-9,12,24H2,1-4H3. The van der Waals surface area contributed by atoms with Crippen LogP contribution in [0.4, 0.5) is 11.4 Å². The number of nitrogens with two attached hydrogens (primary N) is 1. The van der Waals surface area contributed by atoms with Gasteiger partial charge in [0.1, 0.15) is 5.75 Å². The zero-order valence-electron chi connectivity index (χ0n) is 17.4. The fourth-order valence-electron chi connectivity index (χ4n) is 4.21. The Balaban J connectivity index is 2.17. The molecular weight excluding hydrogens is 368 g/mol. The number of fused-ring (bicyclic) bond motifs is 1. The highest BCUT2D eigenvalue weighted by Crippen LogP contribution is 2.41. The fourth-order valence-corrected chi connectivity index (χ4v) is 4.21. The summed E-state index contributed by atoms with van der Waals surface area (Å²) in [5.41, 5.74) is 12.1. The number of anilines is 2. The van der Waals surface area contributed by atoms with Gasteiger partial charge < -0.3 is 20.5 Å². The molecule has 0 saturated carbocycles. The first-order valence-corrected chi connectivity index (χ1v) is 9.87. The average molecular weight is 396 g/mol. The summed E-state index contributed by atoms with van der Waals surface area (Å²) in [6, 6.07) is 7.74. The molecule has 29 heavy (non-hydrogen) atoms. The van der Waals surface area contributed by atoms with Gasteiger partial charge in [0.25, 0.3) is 0 Å². The molecule has 0 aliphatic heterocycles. The summed E-state index contributed by atoms with van der Waals surface area (Å²) >= 11 is 0. The van der Waals surface area contributed by atoms with Crippen molar-refractivity contribution < 1.29 is 19.1 Å². The van der Waals surface area contributed by atoms with E-state index >= 15 is 0 Å². The SMILES string of the molecule is CCOC(=O)CC(c1cc(N)c(NC)c(OC)c1)c1ccc(C)c2c1CCC2=O. The first-order valence-electron chi connectivity index (χ1n) is 9.87. The second-order valence-electron chi connectivity index (χ2n) is 7.25. The van der Waals surface area contributed by atoms with E-state index in [9.17, 15) is 9.59 Å². The Kier molecular flexibility index (Phi) is 6.11. The lowest BCUT2D eigenvalue weighted by Crippen LogP contribution is -2.14. The first kappa shape index (κ1) is 20.7. The van der Waals surface area contributed by atoms with Crippen LogP contribution in [0.5, 0.6) is 5.75 Å². The van der Waals surface area contributed by atoms with E-state index in [1.54, 1.807) is 21.1 Å². The minimum atomic E-state index is -0.286. The van der Waals surface area contributed by atoms with E-state index in [2.05, 4.69) is 5.32 Å². The Morgan fingerprint density at radius 2 is 2.03 bits per heavy atom. The molecule has 6 nitrogen and oxygen atoms in total. The van der Waals surface area contributed by atoms with Crippen molar-refractivity contribution in [3.63, 3.8) is 0 Å². The third-order valence-electron chi connectivity index (χ3n) is 5.52. The van der Waals surface area contributed by atoms with Gasteiger partial charge in [-0.1, -0.05) is 12.1 Å². The summed E-state index contributed by atoms with van der Waals surface area (Å²) < 4.78 is 10.7. The zero-order chi connectivity index (χ0) is 21.1. The van der Waals surface area contributed by atoms with E-state index in [0.29, 0.717) is 36.6 Å². The quantitative estimate of drug-likeness (QED) is 0.546. The molecule has 1 unspecified atom stereocenters. The van der Waals surface area contributed by atoms with Crippen molar-refractivity contribution >= 4 is 23.1 Å². The van der Waals surface area contributed by atoms with E-state index in [0.717, 1.165) is 27.8 Å². The van der Waals surface area contributed by atoms with E-state index < -0.39 is 0 Å². The Hall–Kier alpha value is -3.02. The minimum absolute atomic E-state index is 0.164. The highest BCUT2D eigenvalue weighted by molar-refractivity contribution is 6.02. The van der Waals surface area contributed by atoms with Gasteiger partial charge in [-0.3, -0.25) is 9.59 Å². The minimum Gasteiger partial charge on any atom is -0.494 e. The Morgan fingerprint density at radius 3 is 2.69 bits per heavy atom. The van der Waals surface area contributed by atoms with Gasteiger partial charge in [0.05, 0.1) is 31.5 Å². The third kappa shape index (κ3) is 3.92. The maximum atomic E-state index is 12.4. The first-order chi connectivity index (χ1) is 13.9. The number of benzene rings is 2. The molecule has 1 aliphatic rings. The highest BCUT2D eigenvalue weighted by atomic mass is 16.5. The summed E-state index contributed by atoms with van der Waals surface area (Å²) in [7, 11) is 3.37. The van der Waals surface area contributed by atoms with Crippen molar-refractivity contribution in [2.24, 2.45) is 0 Å². The number of nitrogens with one attached hydrogen (secondary N) is 1. The molecule has 0 heterocycles. The maximum Gasteiger partial charge on any atom is 0.306 e. The second kappa shape index (κ2) is 8.55. The van der Waals surface area contributed by atoms with Crippen LogP contribution in [0.2, 0.25) is 0 Å². The Labute approximate surface area is 171 Å². The largest absolute Gasteiger partial charge is 0.494 e. The number of hydrogen-bond donors (Lipinski definition) is 2. The molecule has 0 bridgehead atoms. The molecule has 1 aliphatic carbocycles. The fraction of sp³-hybridized carbons (Fsp3) is 0.391. The van der Waals surface area contributed by atoms with Crippen molar-refractivity contribution in [1.82, 2.24) is 0 Å². The molecule has 3 N–H and O–H groups in total. The number of methoxy groups -OCH3 is 1. The Bertz CT molecular complexity index is 952. The van der Waals surface area contributed by atoms with E-state index in [4.69, 9.17) is 15.2 Å². The van der Waals surface area contributed by atoms with Crippen molar-refractivity contribution in [2.75, 3.05) is 31.8 Å². The lowest BCUT2D eigenvalue weighted by atomic mass is 9.83. The number of nitrogen functional groups attached to an aromatic ring is 1. The second-order valence-corrected chi connectivity index (χ2v) is 7.25. The van der Waals surface area contributed by atoms with Crippen molar-refractivity contribution in [3.05, 3.63) is 52.1 Å². The van der Waals surface area contributed by atoms with Gasteiger partial charge in [0.2, 0.25) is 0 Å². The van der Waals surface area contributed by atoms with Gasteiger partial charge in [-0.25, -0.2) is 0 Å². The molecule has 2 aromatic carbocycles. The monoisotopic (exact) mass is 396 g/mol. The molecule has 0 spiro atoms. The number of carbonyl (C=O) groups excluding carboxylic acids is 2. The van der Waals surface area contributed by atoms with E-state index in [1.165, 1.54) is 0 Å². The molecule has 0 amide bonds. The topological polar surface area (TPSA) is 90.7 Å². The van der Waals surface area contributed by atoms with Crippen LogP contribution in [0.3, 0.4) is 0 Å². The number of aryl methyl sites for hydroxylation is 1. The lowest BCUT2D eigenvalue weighted by molar-refractivity contribution is -0.143. The van der Waals surface area contributed by atoms with Crippen molar-refractivity contribution in [1.29, 1.82) is 0 Å². The summed E-state index contributed by atoms with van der Waals surface area (Å²) in [6.07, 6.45) is 1.36. The summed E-state index contributed by atoms with van der Waals surface area (Å²) in [4.78, 5) is 24.9. The molecule has 0 fully saturated rings. The van der Waals surface area contributed by atoms with Crippen molar-refractivity contribution in [3.8, 4) is 5.75 Å². The van der Waals surface area contributed by atoms with E-state index in [1.807, 2.05) is 31.2 Å². The van der Waals surface area contributed by atoms with Crippen LogP contribution in [0.25, 0.3) is 0 Å². The number of rotatable bonds is 7. The highest BCUT2D eigenvalue weighted by Gasteiger charge is 2.30. The van der Waals surface area contributed by atoms with Crippen LogP contribution in [-0.2, 0) is 16.0 Å². The molecule has 0 saturated heterocycles.